The first-order valence-electron chi connectivity index (χ1n) is 7.86. The standard InChI is InChI=1S/C8H15O2P.C8H17OP/c1-3-7(9)4-5-8(10)6-11-2;1-3-4-5-6-8(9)7-10-2/h11H,3-6H2,1-2H3;10H,3-7H2,1-2H3. The van der Waals surface area contributed by atoms with Crippen LogP contribution in [-0.2, 0) is 14.4 Å². The molecule has 0 spiro atoms. The van der Waals surface area contributed by atoms with Crippen molar-refractivity contribution in [1.29, 1.82) is 0 Å². The SMILES string of the molecule is CCC(=O)CCC(=O)CPC.CCCCCC(=O)CPC. The molecule has 0 aromatic carbocycles. The van der Waals surface area contributed by atoms with E-state index in [2.05, 4.69) is 13.6 Å². The van der Waals surface area contributed by atoms with Gasteiger partial charge in [-0.25, -0.2) is 0 Å². The lowest BCUT2D eigenvalue weighted by molar-refractivity contribution is -0.122. The normalized spacial score (nSPS) is 10.9. The van der Waals surface area contributed by atoms with Crippen LogP contribution < -0.4 is 0 Å². The predicted molar refractivity (Wildman–Crippen MR) is 96.9 cm³/mol. The van der Waals surface area contributed by atoms with Gasteiger partial charge in [-0.15, -0.1) is 17.2 Å². The number of carbonyl (C=O) groups excluding carboxylic acids is 3. The number of Topliss-reactive ketones (excluding diaryl/α,β-unsaturated/α-hetero) is 3. The van der Waals surface area contributed by atoms with Gasteiger partial charge in [-0.3, -0.25) is 14.4 Å². The van der Waals surface area contributed by atoms with Crippen LogP contribution >= 0.6 is 17.2 Å². The van der Waals surface area contributed by atoms with Crippen molar-refractivity contribution in [3.05, 3.63) is 0 Å². The van der Waals surface area contributed by atoms with Crippen LogP contribution in [0.1, 0.15) is 58.8 Å². The van der Waals surface area contributed by atoms with E-state index in [9.17, 15) is 14.4 Å². The fraction of sp³-hybridized carbons (Fsp3) is 0.812. The summed E-state index contributed by atoms with van der Waals surface area (Å²) < 4.78 is 0. The molecule has 21 heavy (non-hydrogen) atoms. The number of carbonyl (C=O) groups is 3. The zero-order valence-corrected chi connectivity index (χ0v) is 16.1. The lowest BCUT2D eigenvalue weighted by atomic mass is 10.1. The van der Waals surface area contributed by atoms with Crippen molar-refractivity contribution in [2.75, 3.05) is 25.7 Å². The van der Waals surface area contributed by atoms with Gasteiger partial charge in [0.1, 0.15) is 17.3 Å². The first kappa shape index (κ1) is 23.1. The maximum atomic E-state index is 10.9. The van der Waals surface area contributed by atoms with Gasteiger partial charge in [0, 0.05) is 38.0 Å². The Morgan fingerprint density at radius 3 is 1.62 bits per heavy atom. The van der Waals surface area contributed by atoms with Crippen LogP contribution in [0.2, 0.25) is 0 Å². The third-order valence-electron chi connectivity index (χ3n) is 2.88. The average Bonchev–Trinajstić information content (AvgIpc) is 2.46. The second kappa shape index (κ2) is 17.9. The topological polar surface area (TPSA) is 51.2 Å². The molecule has 0 aliphatic heterocycles. The van der Waals surface area contributed by atoms with Crippen molar-refractivity contribution >= 4 is 34.5 Å². The Labute approximate surface area is 134 Å². The quantitative estimate of drug-likeness (QED) is 0.399. The summed E-state index contributed by atoms with van der Waals surface area (Å²) in [6.45, 7) is 8.07. The van der Waals surface area contributed by atoms with E-state index in [-0.39, 0.29) is 11.6 Å². The first-order valence-corrected chi connectivity index (χ1v) is 11.3. The van der Waals surface area contributed by atoms with Gasteiger partial charge in [0.2, 0.25) is 0 Å². The van der Waals surface area contributed by atoms with E-state index in [1.54, 1.807) is 0 Å². The van der Waals surface area contributed by atoms with E-state index in [1.165, 1.54) is 12.8 Å². The molecular formula is C16H32O3P2. The molecule has 0 fully saturated rings. The molecule has 0 rings (SSSR count). The summed E-state index contributed by atoms with van der Waals surface area (Å²) >= 11 is 0. The Hall–Kier alpha value is -0.130. The highest BCUT2D eigenvalue weighted by Gasteiger charge is 2.03. The molecular weight excluding hydrogens is 302 g/mol. The monoisotopic (exact) mass is 334 g/mol. The molecule has 0 amide bonds. The van der Waals surface area contributed by atoms with Crippen molar-refractivity contribution in [3.8, 4) is 0 Å². The number of hydrogen-bond donors (Lipinski definition) is 0. The van der Waals surface area contributed by atoms with Crippen molar-refractivity contribution < 1.29 is 14.4 Å². The third kappa shape index (κ3) is 19.9. The molecule has 5 heteroatoms. The molecule has 0 aliphatic carbocycles. The van der Waals surface area contributed by atoms with Crippen LogP contribution in [0.5, 0.6) is 0 Å². The highest BCUT2D eigenvalue weighted by atomic mass is 31.1. The van der Waals surface area contributed by atoms with Crippen molar-refractivity contribution in [3.63, 3.8) is 0 Å². The second-order valence-electron chi connectivity index (χ2n) is 4.99. The summed E-state index contributed by atoms with van der Waals surface area (Å²) in [4.78, 5) is 32.6. The lowest BCUT2D eigenvalue weighted by Crippen LogP contribution is -2.04. The fourth-order valence-corrected chi connectivity index (χ4v) is 2.74. The number of hydrogen-bond acceptors (Lipinski definition) is 3. The molecule has 0 N–H and O–H groups in total. The minimum absolute atomic E-state index is 0.192. The van der Waals surface area contributed by atoms with E-state index in [0.29, 0.717) is 39.8 Å². The minimum atomic E-state index is 0.192. The van der Waals surface area contributed by atoms with Crippen LogP contribution in [0.15, 0.2) is 0 Å². The van der Waals surface area contributed by atoms with Crippen LogP contribution in [0.4, 0.5) is 0 Å². The largest absolute Gasteiger partial charge is 0.300 e. The number of ketones is 3. The molecule has 0 heterocycles. The van der Waals surface area contributed by atoms with Gasteiger partial charge in [-0.05, 0) is 19.8 Å². The molecule has 0 bridgehead atoms. The molecule has 124 valence electrons. The summed E-state index contributed by atoms with van der Waals surface area (Å²) in [5.41, 5.74) is 0. The van der Waals surface area contributed by atoms with E-state index >= 15 is 0 Å². The minimum Gasteiger partial charge on any atom is -0.300 e. The molecule has 0 saturated heterocycles. The molecule has 0 aliphatic rings. The van der Waals surface area contributed by atoms with Gasteiger partial charge in [-0.2, -0.15) is 0 Å². The molecule has 0 aromatic rings. The fourth-order valence-electron chi connectivity index (χ4n) is 1.60. The second-order valence-corrected chi connectivity index (χ2v) is 7.11. The van der Waals surface area contributed by atoms with Gasteiger partial charge in [0.05, 0.1) is 0 Å². The van der Waals surface area contributed by atoms with Crippen LogP contribution in [0.25, 0.3) is 0 Å². The van der Waals surface area contributed by atoms with Crippen LogP contribution in [0.3, 0.4) is 0 Å². The third-order valence-corrected chi connectivity index (χ3v) is 4.38. The zero-order valence-electron chi connectivity index (χ0n) is 14.1. The number of rotatable bonds is 12. The number of unbranched alkanes of at least 4 members (excludes halogenated alkanes) is 2. The van der Waals surface area contributed by atoms with E-state index < -0.39 is 0 Å². The highest BCUT2D eigenvalue weighted by Crippen LogP contribution is 2.06. The van der Waals surface area contributed by atoms with E-state index in [4.69, 9.17) is 0 Å². The Kier molecular flexibility index (Phi) is 19.7. The Morgan fingerprint density at radius 1 is 0.714 bits per heavy atom. The lowest BCUT2D eigenvalue weighted by Gasteiger charge is -1.96. The highest BCUT2D eigenvalue weighted by molar-refractivity contribution is 7.38. The summed E-state index contributed by atoms with van der Waals surface area (Å²) in [6, 6.07) is 0. The van der Waals surface area contributed by atoms with Crippen molar-refractivity contribution in [2.24, 2.45) is 0 Å². The maximum absolute atomic E-state index is 10.9. The molecule has 0 radical (unpaired) electrons. The van der Waals surface area contributed by atoms with Gasteiger partial charge < -0.3 is 0 Å². The van der Waals surface area contributed by atoms with Crippen molar-refractivity contribution in [1.82, 2.24) is 0 Å². The Morgan fingerprint density at radius 2 is 1.19 bits per heavy atom. The average molecular weight is 334 g/mol. The molecule has 2 unspecified atom stereocenters. The predicted octanol–water partition coefficient (Wildman–Crippen LogP) is 4.07. The molecule has 0 aromatic heterocycles. The van der Waals surface area contributed by atoms with E-state index in [0.717, 1.165) is 27.6 Å². The maximum Gasteiger partial charge on any atom is 0.137 e. The van der Waals surface area contributed by atoms with Crippen LogP contribution in [0, 0.1) is 0 Å². The summed E-state index contributed by atoms with van der Waals surface area (Å²) in [5.74, 6) is 0.875. The van der Waals surface area contributed by atoms with Crippen LogP contribution in [-0.4, -0.2) is 43.0 Å². The molecule has 0 saturated carbocycles. The van der Waals surface area contributed by atoms with Crippen molar-refractivity contribution in [2.45, 2.75) is 58.8 Å². The van der Waals surface area contributed by atoms with E-state index in [1.807, 2.05) is 13.6 Å². The van der Waals surface area contributed by atoms with Gasteiger partial charge in [0.15, 0.2) is 0 Å². The van der Waals surface area contributed by atoms with Gasteiger partial charge in [-0.1, -0.05) is 26.7 Å². The van der Waals surface area contributed by atoms with Gasteiger partial charge in [0.25, 0.3) is 0 Å². The Balaban J connectivity index is 0. The zero-order chi connectivity index (χ0) is 16.5. The first-order chi connectivity index (χ1) is 10.0. The molecule has 2 atom stereocenters. The van der Waals surface area contributed by atoms with Gasteiger partial charge >= 0.3 is 0 Å². The summed E-state index contributed by atoms with van der Waals surface area (Å²) in [6.07, 6.45) is 7.24. The smallest absolute Gasteiger partial charge is 0.137 e. The summed E-state index contributed by atoms with van der Waals surface area (Å²) in [7, 11) is 1.48. The summed E-state index contributed by atoms with van der Waals surface area (Å²) in [5, 5.41) is 0. The Bertz CT molecular complexity index is 291. The molecule has 3 nitrogen and oxygen atoms in total.